The molecule has 0 fully saturated rings. The molecule has 2 aromatic rings. The van der Waals surface area contributed by atoms with E-state index in [-0.39, 0.29) is 6.61 Å². The lowest BCUT2D eigenvalue weighted by atomic mass is 10.1. The quantitative estimate of drug-likeness (QED) is 0.816. The van der Waals surface area contributed by atoms with Crippen LogP contribution in [0.1, 0.15) is 16.7 Å². The van der Waals surface area contributed by atoms with Crippen molar-refractivity contribution in [3.05, 3.63) is 58.9 Å². The average Bonchev–Trinajstić information content (AvgIpc) is 2.53. The fourth-order valence-electron chi connectivity index (χ4n) is 2.21. The molecular weight excluding hydrogens is 325 g/mol. The van der Waals surface area contributed by atoms with Gasteiger partial charge in [-0.05, 0) is 61.7 Å². The number of anilines is 1. The molecule has 0 heterocycles. The number of halogens is 1. The van der Waals surface area contributed by atoms with Crippen LogP contribution >= 0.6 is 0 Å². The second kappa shape index (κ2) is 8.28. The summed E-state index contributed by atoms with van der Waals surface area (Å²) in [6.07, 6.45) is 0. The summed E-state index contributed by atoms with van der Waals surface area (Å²) < 4.78 is 23.6. The summed E-state index contributed by atoms with van der Waals surface area (Å²) in [6.45, 7) is 4.71. The summed E-state index contributed by atoms with van der Waals surface area (Å²) in [6, 6.07) is 9.93. The predicted octanol–water partition coefficient (Wildman–Crippen LogP) is 3.31. The van der Waals surface area contributed by atoms with Crippen molar-refractivity contribution in [2.75, 3.05) is 18.5 Å². The van der Waals surface area contributed by atoms with E-state index in [9.17, 15) is 14.0 Å². The van der Waals surface area contributed by atoms with Gasteiger partial charge in [0.15, 0.2) is 13.2 Å². The van der Waals surface area contributed by atoms with Gasteiger partial charge in [0.05, 0.1) is 0 Å². The van der Waals surface area contributed by atoms with Gasteiger partial charge in [-0.25, -0.2) is 9.18 Å². The summed E-state index contributed by atoms with van der Waals surface area (Å²) in [7, 11) is 0. The lowest BCUT2D eigenvalue weighted by Gasteiger charge is -2.09. The zero-order valence-corrected chi connectivity index (χ0v) is 14.4. The highest BCUT2D eigenvalue weighted by atomic mass is 19.1. The van der Waals surface area contributed by atoms with Gasteiger partial charge in [0.1, 0.15) is 11.6 Å². The van der Waals surface area contributed by atoms with Crippen molar-refractivity contribution in [2.24, 2.45) is 0 Å². The molecular formula is C19H20FNO4. The van der Waals surface area contributed by atoms with Crippen LogP contribution in [0.15, 0.2) is 36.4 Å². The third-order valence-corrected chi connectivity index (χ3v) is 3.37. The van der Waals surface area contributed by atoms with Crippen LogP contribution in [-0.2, 0) is 14.3 Å². The van der Waals surface area contributed by atoms with Crippen molar-refractivity contribution in [1.82, 2.24) is 0 Å². The third kappa shape index (κ3) is 5.91. The number of nitrogens with one attached hydrogen (secondary N) is 1. The number of aryl methyl sites for hydroxylation is 3. The maximum absolute atomic E-state index is 13.4. The van der Waals surface area contributed by atoms with E-state index in [1.54, 1.807) is 31.2 Å². The molecule has 5 nitrogen and oxygen atoms in total. The SMILES string of the molecule is Cc1cc(C)cc(OCC(=O)OCC(=O)Nc2ccc(C)c(F)c2)c1. The van der Waals surface area contributed by atoms with Crippen LogP contribution in [0.5, 0.6) is 5.75 Å². The van der Waals surface area contributed by atoms with Crippen molar-refractivity contribution in [3.63, 3.8) is 0 Å². The fourth-order valence-corrected chi connectivity index (χ4v) is 2.21. The Morgan fingerprint density at radius 1 is 1.00 bits per heavy atom. The molecule has 0 aromatic heterocycles. The van der Waals surface area contributed by atoms with E-state index < -0.39 is 24.3 Å². The molecule has 6 heteroatoms. The Morgan fingerprint density at radius 2 is 1.68 bits per heavy atom. The monoisotopic (exact) mass is 345 g/mol. The largest absolute Gasteiger partial charge is 0.482 e. The number of hydrogen-bond acceptors (Lipinski definition) is 4. The minimum Gasteiger partial charge on any atom is -0.482 e. The zero-order chi connectivity index (χ0) is 18.4. The van der Waals surface area contributed by atoms with Crippen molar-refractivity contribution >= 4 is 17.6 Å². The first kappa shape index (κ1) is 18.4. The summed E-state index contributed by atoms with van der Waals surface area (Å²) >= 11 is 0. The van der Waals surface area contributed by atoms with Crippen molar-refractivity contribution in [3.8, 4) is 5.75 Å². The van der Waals surface area contributed by atoms with Crippen LogP contribution in [0.25, 0.3) is 0 Å². The predicted molar refractivity (Wildman–Crippen MR) is 92.1 cm³/mol. The molecule has 0 unspecified atom stereocenters. The Morgan fingerprint density at radius 3 is 2.32 bits per heavy atom. The van der Waals surface area contributed by atoms with E-state index in [1.165, 1.54) is 6.07 Å². The molecule has 0 radical (unpaired) electrons. The first-order valence-corrected chi connectivity index (χ1v) is 7.76. The van der Waals surface area contributed by atoms with E-state index in [0.29, 0.717) is 17.0 Å². The maximum atomic E-state index is 13.4. The molecule has 0 bridgehead atoms. The Labute approximate surface area is 145 Å². The first-order chi connectivity index (χ1) is 11.8. The minimum absolute atomic E-state index is 0.296. The Bertz CT molecular complexity index is 769. The molecule has 0 aliphatic rings. The second-order valence-electron chi connectivity index (χ2n) is 5.78. The normalized spacial score (nSPS) is 10.2. The van der Waals surface area contributed by atoms with E-state index in [4.69, 9.17) is 9.47 Å². The first-order valence-electron chi connectivity index (χ1n) is 7.76. The molecule has 2 rings (SSSR count). The standard InChI is InChI=1S/C19H20FNO4/c1-12-6-13(2)8-16(7-12)24-11-19(23)25-10-18(22)21-15-5-4-14(3)17(20)9-15/h4-9H,10-11H2,1-3H3,(H,21,22). The fraction of sp³-hybridized carbons (Fsp3) is 0.263. The Kier molecular flexibility index (Phi) is 6.11. The lowest BCUT2D eigenvalue weighted by molar-refractivity contribution is -0.149. The van der Waals surface area contributed by atoms with E-state index in [1.807, 2.05) is 19.9 Å². The van der Waals surface area contributed by atoms with Crippen molar-refractivity contribution in [2.45, 2.75) is 20.8 Å². The van der Waals surface area contributed by atoms with Gasteiger partial charge in [-0.2, -0.15) is 0 Å². The van der Waals surface area contributed by atoms with Gasteiger partial charge in [0, 0.05) is 5.69 Å². The third-order valence-electron chi connectivity index (χ3n) is 3.37. The minimum atomic E-state index is -0.663. The van der Waals surface area contributed by atoms with Gasteiger partial charge in [-0.3, -0.25) is 4.79 Å². The molecule has 0 aliphatic heterocycles. The van der Waals surface area contributed by atoms with E-state index in [2.05, 4.69) is 5.32 Å². The van der Waals surface area contributed by atoms with E-state index >= 15 is 0 Å². The Hall–Kier alpha value is -2.89. The van der Waals surface area contributed by atoms with E-state index in [0.717, 1.165) is 11.1 Å². The topological polar surface area (TPSA) is 64.6 Å². The molecule has 2 aromatic carbocycles. The Balaban J connectivity index is 1.77. The number of ether oxygens (including phenoxy) is 2. The van der Waals surface area contributed by atoms with Gasteiger partial charge in [-0.1, -0.05) is 12.1 Å². The highest BCUT2D eigenvalue weighted by Gasteiger charge is 2.10. The second-order valence-corrected chi connectivity index (χ2v) is 5.78. The molecule has 1 amide bonds. The molecule has 0 saturated heterocycles. The van der Waals surface area contributed by atoms with Crippen LogP contribution in [0.4, 0.5) is 10.1 Å². The smallest absolute Gasteiger partial charge is 0.344 e. The number of rotatable bonds is 6. The molecule has 0 saturated carbocycles. The van der Waals surface area contributed by atoms with Gasteiger partial charge >= 0.3 is 5.97 Å². The molecule has 0 atom stereocenters. The lowest BCUT2D eigenvalue weighted by Crippen LogP contribution is -2.23. The molecule has 0 spiro atoms. The van der Waals surface area contributed by atoms with Gasteiger partial charge < -0.3 is 14.8 Å². The zero-order valence-electron chi connectivity index (χ0n) is 14.4. The summed E-state index contributed by atoms with van der Waals surface area (Å²) in [5.41, 5.74) is 2.82. The number of carbonyl (C=O) groups is 2. The number of hydrogen-bond donors (Lipinski definition) is 1. The van der Waals surface area contributed by atoms with Gasteiger partial charge in [0.25, 0.3) is 5.91 Å². The van der Waals surface area contributed by atoms with Crippen molar-refractivity contribution < 1.29 is 23.5 Å². The summed E-state index contributed by atoms with van der Waals surface area (Å²) in [4.78, 5) is 23.4. The summed E-state index contributed by atoms with van der Waals surface area (Å²) in [5, 5.41) is 2.46. The molecule has 1 N–H and O–H groups in total. The number of benzene rings is 2. The maximum Gasteiger partial charge on any atom is 0.344 e. The van der Waals surface area contributed by atoms with Crippen LogP contribution in [0.2, 0.25) is 0 Å². The number of esters is 1. The highest BCUT2D eigenvalue weighted by Crippen LogP contribution is 2.16. The molecule has 25 heavy (non-hydrogen) atoms. The summed E-state index contributed by atoms with van der Waals surface area (Å²) in [5.74, 6) is -1.07. The van der Waals surface area contributed by atoms with Crippen LogP contribution < -0.4 is 10.1 Å². The van der Waals surface area contributed by atoms with Crippen molar-refractivity contribution in [1.29, 1.82) is 0 Å². The van der Waals surface area contributed by atoms with Gasteiger partial charge in [0.2, 0.25) is 0 Å². The van der Waals surface area contributed by atoms with Gasteiger partial charge in [-0.15, -0.1) is 0 Å². The molecule has 132 valence electrons. The van der Waals surface area contributed by atoms with Crippen LogP contribution in [0.3, 0.4) is 0 Å². The molecule has 0 aliphatic carbocycles. The van der Waals surface area contributed by atoms with Crippen LogP contribution in [-0.4, -0.2) is 25.1 Å². The number of carbonyl (C=O) groups excluding carboxylic acids is 2. The average molecular weight is 345 g/mol. The highest BCUT2D eigenvalue weighted by molar-refractivity contribution is 5.92. The van der Waals surface area contributed by atoms with Crippen LogP contribution in [0, 0.1) is 26.6 Å². The number of amides is 1.